The molecule has 0 aromatic heterocycles. The van der Waals surface area contributed by atoms with E-state index in [2.05, 4.69) is 46.4 Å². The van der Waals surface area contributed by atoms with Crippen LogP contribution in [0.25, 0.3) is 0 Å². The fourth-order valence-corrected chi connectivity index (χ4v) is 2.36. The van der Waals surface area contributed by atoms with Gasteiger partial charge in [0, 0.05) is 32.4 Å². The van der Waals surface area contributed by atoms with Gasteiger partial charge in [0.1, 0.15) is 0 Å². The summed E-state index contributed by atoms with van der Waals surface area (Å²) in [6.07, 6.45) is 2.60. The van der Waals surface area contributed by atoms with Crippen molar-refractivity contribution in [1.82, 2.24) is 5.32 Å². The highest BCUT2D eigenvalue weighted by atomic mass is 15.1. The number of guanidine groups is 1. The Balaban J connectivity index is 1.91. The lowest BCUT2D eigenvalue weighted by atomic mass is 9.99. The summed E-state index contributed by atoms with van der Waals surface area (Å²) in [6.45, 7) is 5.41. The zero-order valence-corrected chi connectivity index (χ0v) is 11.9. The molecule has 19 heavy (non-hydrogen) atoms. The van der Waals surface area contributed by atoms with E-state index in [1.54, 1.807) is 7.05 Å². The summed E-state index contributed by atoms with van der Waals surface area (Å²) in [5.41, 5.74) is 8.16. The summed E-state index contributed by atoms with van der Waals surface area (Å²) in [7, 11) is 1.68. The third-order valence-electron chi connectivity index (χ3n) is 3.80. The van der Waals surface area contributed by atoms with Gasteiger partial charge in [0.05, 0.1) is 0 Å². The SMILES string of the molecule is CN=C(N)NCc1ccc(N2CCC(C)CC2)cc1. The Kier molecular flexibility index (Phi) is 4.66. The highest BCUT2D eigenvalue weighted by molar-refractivity contribution is 5.77. The van der Waals surface area contributed by atoms with Gasteiger partial charge in [-0.3, -0.25) is 4.99 Å². The number of anilines is 1. The van der Waals surface area contributed by atoms with Gasteiger partial charge in [-0.25, -0.2) is 0 Å². The second-order valence-electron chi connectivity index (χ2n) is 5.30. The number of piperidine rings is 1. The van der Waals surface area contributed by atoms with E-state index < -0.39 is 0 Å². The van der Waals surface area contributed by atoms with Gasteiger partial charge in [-0.05, 0) is 36.5 Å². The molecule has 1 aliphatic rings. The predicted octanol–water partition coefficient (Wildman–Crippen LogP) is 1.96. The molecule has 1 aromatic rings. The molecule has 0 aliphatic carbocycles. The molecule has 1 fully saturated rings. The van der Waals surface area contributed by atoms with Crippen LogP contribution in [0.5, 0.6) is 0 Å². The Hall–Kier alpha value is -1.71. The Morgan fingerprint density at radius 1 is 1.32 bits per heavy atom. The van der Waals surface area contributed by atoms with Crippen LogP contribution >= 0.6 is 0 Å². The lowest BCUT2D eigenvalue weighted by Gasteiger charge is -2.32. The summed E-state index contributed by atoms with van der Waals surface area (Å²) < 4.78 is 0. The summed E-state index contributed by atoms with van der Waals surface area (Å²) in [6, 6.07) is 8.71. The van der Waals surface area contributed by atoms with E-state index in [-0.39, 0.29) is 0 Å². The lowest BCUT2D eigenvalue weighted by Crippen LogP contribution is -2.32. The van der Waals surface area contributed by atoms with Crippen molar-refractivity contribution in [3.8, 4) is 0 Å². The van der Waals surface area contributed by atoms with Crippen molar-refractivity contribution in [2.75, 3.05) is 25.0 Å². The maximum absolute atomic E-state index is 5.61. The predicted molar refractivity (Wildman–Crippen MR) is 81.4 cm³/mol. The molecule has 1 heterocycles. The molecule has 0 amide bonds. The average Bonchev–Trinajstić information content (AvgIpc) is 2.46. The van der Waals surface area contributed by atoms with Crippen molar-refractivity contribution in [3.05, 3.63) is 29.8 Å². The van der Waals surface area contributed by atoms with E-state index in [9.17, 15) is 0 Å². The zero-order chi connectivity index (χ0) is 13.7. The van der Waals surface area contributed by atoms with Crippen molar-refractivity contribution in [2.24, 2.45) is 16.6 Å². The molecular weight excluding hydrogens is 236 g/mol. The zero-order valence-electron chi connectivity index (χ0n) is 11.9. The van der Waals surface area contributed by atoms with Crippen LogP contribution in [0, 0.1) is 5.92 Å². The van der Waals surface area contributed by atoms with E-state index in [1.165, 1.54) is 37.2 Å². The number of aliphatic imine (C=N–C) groups is 1. The minimum atomic E-state index is 0.481. The molecule has 2 rings (SSSR count). The number of hydrogen-bond acceptors (Lipinski definition) is 2. The Morgan fingerprint density at radius 3 is 2.53 bits per heavy atom. The first-order valence-corrected chi connectivity index (χ1v) is 6.99. The van der Waals surface area contributed by atoms with Crippen molar-refractivity contribution < 1.29 is 0 Å². The van der Waals surface area contributed by atoms with Crippen LogP contribution in [0.2, 0.25) is 0 Å². The summed E-state index contributed by atoms with van der Waals surface area (Å²) in [5.74, 6) is 1.35. The Bertz CT molecular complexity index is 416. The molecule has 0 bridgehead atoms. The highest BCUT2D eigenvalue weighted by Gasteiger charge is 2.15. The first-order chi connectivity index (χ1) is 9.19. The minimum absolute atomic E-state index is 0.481. The number of nitrogens with zero attached hydrogens (tertiary/aromatic N) is 2. The molecule has 0 unspecified atom stereocenters. The molecule has 0 radical (unpaired) electrons. The van der Waals surface area contributed by atoms with Gasteiger partial charge in [0.2, 0.25) is 0 Å². The number of benzene rings is 1. The van der Waals surface area contributed by atoms with Gasteiger partial charge in [-0.1, -0.05) is 19.1 Å². The van der Waals surface area contributed by atoms with Gasteiger partial charge >= 0.3 is 0 Å². The minimum Gasteiger partial charge on any atom is -0.372 e. The third-order valence-corrected chi connectivity index (χ3v) is 3.80. The van der Waals surface area contributed by atoms with Crippen molar-refractivity contribution in [1.29, 1.82) is 0 Å². The average molecular weight is 260 g/mol. The van der Waals surface area contributed by atoms with E-state index in [0.29, 0.717) is 5.96 Å². The molecule has 104 valence electrons. The van der Waals surface area contributed by atoms with Crippen molar-refractivity contribution in [2.45, 2.75) is 26.3 Å². The maximum Gasteiger partial charge on any atom is 0.188 e. The van der Waals surface area contributed by atoms with Crippen LogP contribution in [0.3, 0.4) is 0 Å². The van der Waals surface area contributed by atoms with E-state index in [4.69, 9.17) is 5.73 Å². The molecule has 4 nitrogen and oxygen atoms in total. The van der Waals surface area contributed by atoms with Crippen LogP contribution in [-0.4, -0.2) is 26.1 Å². The number of rotatable bonds is 3. The van der Waals surface area contributed by atoms with Crippen LogP contribution in [-0.2, 0) is 6.54 Å². The van der Waals surface area contributed by atoms with Crippen molar-refractivity contribution >= 4 is 11.6 Å². The van der Waals surface area contributed by atoms with E-state index in [1.807, 2.05) is 0 Å². The second-order valence-corrected chi connectivity index (χ2v) is 5.30. The van der Waals surface area contributed by atoms with E-state index in [0.717, 1.165) is 12.5 Å². The van der Waals surface area contributed by atoms with Gasteiger partial charge in [0.25, 0.3) is 0 Å². The molecule has 1 aliphatic heterocycles. The van der Waals surface area contributed by atoms with Gasteiger partial charge in [-0.15, -0.1) is 0 Å². The first-order valence-electron chi connectivity index (χ1n) is 6.99. The van der Waals surface area contributed by atoms with Crippen molar-refractivity contribution in [3.63, 3.8) is 0 Å². The summed E-state index contributed by atoms with van der Waals surface area (Å²) >= 11 is 0. The summed E-state index contributed by atoms with van der Waals surface area (Å²) in [5, 5.41) is 3.07. The Labute approximate surface area is 115 Å². The van der Waals surface area contributed by atoms with Crippen LogP contribution in [0.4, 0.5) is 5.69 Å². The molecule has 0 spiro atoms. The van der Waals surface area contributed by atoms with E-state index >= 15 is 0 Å². The molecule has 3 N–H and O–H groups in total. The largest absolute Gasteiger partial charge is 0.372 e. The maximum atomic E-state index is 5.61. The van der Waals surface area contributed by atoms with Crippen LogP contribution in [0.15, 0.2) is 29.3 Å². The monoisotopic (exact) mass is 260 g/mol. The molecule has 0 atom stereocenters. The summed E-state index contributed by atoms with van der Waals surface area (Å²) in [4.78, 5) is 6.35. The topological polar surface area (TPSA) is 53.6 Å². The van der Waals surface area contributed by atoms with Gasteiger partial charge in [-0.2, -0.15) is 0 Å². The van der Waals surface area contributed by atoms with Crippen LogP contribution < -0.4 is 16.0 Å². The standard InChI is InChI=1S/C15H24N4/c1-12-7-9-19(10-8-12)14-5-3-13(4-6-14)11-18-15(16)17-2/h3-6,12H,7-11H2,1-2H3,(H3,16,17,18). The molecular formula is C15H24N4. The first kappa shape index (κ1) is 13.7. The number of nitrogens with one attached hydrogen (secondary N) is 1. The molecule has 0 saturated carbocycles. The highest BCUT2D eigenvalue weighted by Crippen LogP contribution is 2.23. The smallest absolute Gasteiger partial charge is 0.188 e. The normalized spacial score (nSPS) is 17.6. The van der Waals surface area contributed by atoms with Crippen LogP contribution in [0.1, 0.15) is 25.3 Å². The Morgan fingerprint density at radius 2 is 1.95 bits per heavy atom. The fraction of sp³-hybridized carbons (Fsp3) is 0.533. The third kappa shape index (κ3) is 3.88. The van der Waals surface area contributed by atoms with Gasteiger partial charge < -0.3 is 16.0 Å². The fourth-order valence-electron chi connectivity index (χ4n) is 2.36. The quantitative estimate of drug-likeness (QED) is 0.645. The number of hydrogen-bond donors (Lipinski definition) is 2. The molecule has 1 aromatic carbocycles. The molecule has 1 saturated heterocycles. The number of nitrogens with two attached hydrogens (primary N) is 1. The lowest BCUT2D eigenvalue weighted by molar-refractivity contribution is 0.438. The van der Waals surface area contributed by atoms with Gasteiger partial charge in [0.15, 0.2) is 5.96 Å². The second kappa shape index (κ2) is 6.45. The molecule has 4 heteroatoms.